The Kier molecular flexibility index (Phi) is 4.58. The zero-order chi connectivity index (χ0) is 14.5. The summed E-state index contributed by atoms with van der Waals surface area (Å²) in [4.78, 5) is 12.1. The van der Waals surface area contributed by atoms with Crippen molar-refractivity contribution in [3.05, 3.63) is 59.4 Å². The van der Waals surface area contributed by atoms with Crippen LogP contribution in [0.3, 0.4) is 0 Å². The molecular weight excluding hydrogens is 281 g/mol. The molecule has 0 spiro atoms. The normalized spacial score (nSPS) is 10.2. The van der Waals surface area contributed by atoms with Crippen LogP contribution in [0, 0.1) is 5.82 Å². The third-order valence-electron chi connectivity index (χ3n) is 2.76. The van der Waals surface area contributed by atoms with Gasteiger partial charge in [-0.3, -0.25) is 4.79 Å². The summed E-state index contributed by atoms with van der Waals surface area (Å²) in [5.41, 5.74) is 1.75. The zero-order valence-corrected chi connectivity index (χ0v) is 11.6. The number of nitrogens with one attached hydrogen (secondary N) is 1. The Morgan fingerprint density at radius 3 is 2.80 bits per heavy atom. The van der Waals surface area contributed by atoms with Gasteiger partial charge >= 0.3 is 0 Å². The van der Waals surface area contributed by atoms with Crippen LogP contribution >= 0.6 is 11.6 Å². The van der Waals surface area contributed by atoms with E-state index in [0.29, 0.717) is 17.1 Å². The molecule has 0 bridgehead atoms. The third-order valence-corrected chi connectivity index (χ3v) is 3.06. The molecule has 0 radical (unpaired) electrons. The van der Waals surface area contributed by atoms with Gasteiger partial charge in [-0.1, -0.05) is 12.1 Å². The van der Waals surface area contributed by atoms with Crippen LogP contribution < -0.4 is 10.1 Å². The molecule has 0 atom stereocenters. The van der Waals surface area contributed by atoms with Crippen molar-refractivity contribution < 1.29 is 13.9 Å². The number of carbonyl (C=O) groups is 1. The topological polar surface area (TPSA) is 38.3 Å². The molecule has 0 aliphatic heterocycles. The summed E-state index contributed by atoms with van der Waals surface area (Å²) in [6.45, 7) is 0. The SMILES string of the molecule is COc1cc(F)ccc1NC(=O)c1cccc(CCl)c1. The van der Waals surface area contributed by atoms with Gasteiger partial charge in [0.15, 0.2) is 0 Å². The molecule has 1 amide bonds. The number of hydrogen-bond donors (Lipinski definition) is 1. The van der Waals surface area contributed by atoms with Gasteiger partial charge in [-0.25, -0.2) is 4.39 Å². The van der Waals surface area contributed by atoms with Gasteiger partial charge in [0.1, 0.15) is 11.6 Å². The molecule has 20 heavy (non-hydrogen) atoms. The number of carbonyl (C=O) groups excluding carboxylic acids is 1. The Morgan fingerprint density at radius 2 is 2.10 bits per heavy atom. The minimum absolute atomic E-state index is 0.270. The smallest absolute Gasteiger partial charge is 0.255 e. The van der Waals surface area contributed by atoms with Crippen molar-refractivity contribution >= 4 is 23.2 Å². The largest absolute Gasteiger partial charge is 0.494 e. The zero-order valence-electron chi connectivity index (χ0n) is 10.8. The van der Waals surface area contributed by atoms with Gasteiger partial charge in [0.2, 0.25) is 0 Å². The fourth-order valence-electron chi connectivity index (χ4n) is 1.76. The number of alkyl halides is 1. The van der Waals surface area contributed by atoms with Crippen LogP contribution in [-0.4, -0.2) is 13.0 Å². The maximum Gasteiger partial charge on any atom is 0.255 e. The lowest BCUT2D eigenvalue weighted by Crippen LogP contribution is -2.13. The Hall–Kier alpha value is -2.07. The van der Waals surface area contributed by atoms with E-state index in [1.54, 1.807) is 18.2 Å². The maximum atomic E-state index is 13.1. The van der Waals surface area contributed by atoms with E-state index in [1.165, 1.54) is 25.3 Å². The standard InChI is InChI=1S/C15H13ClFNO2/c1-20-14-8-12(17)5-6-13(14)18-15(19)11-4-2-3-10(7-11)9-16/h2-8H,9H2,1H3,(H,18,19). The second-order valence-corrected chi connectivity index (χ2v) is 4.40. The Balaban J connectivity index is 2.23. The Bertz CT molecular complexity index is 631. The molecule has 2 rings (SSSR count). The summed E-state index contributed by atoms with van der Waals surface area (Å²) < 4.78 is 18.1. The van der Waals surface area contributed by atoms with E-state index in [2.05, 4.69) is 5.32 Å². The molecular formula is C15H13ClFNO2. The second-order valence-electron chi connectivity index (χ2n) is 4.13. The van der Waals surface area contributed by atoms with Gasteiger partial charge in [-0.15, -0.1) is 11.6 Å². The van der Waals surface area contributed by atoms with Gasteiger partial charge in [-0.2, -0.15) is 0 Å². The molecule has 0 heterocycles. The molecule has 2 aromatic rings. The minimum Gasteiger partial charge on any atom is -0.494 e. The van der Waals surface area contributed by atoms with Crippen molar-refractivity contribution in [2.24, 2.45) is 0 Å². The second kappa shape index (κ2) is 6.39. The highest BCUT2D eigenvalue weighted by molar-refractivity contribution is 6.17. The van der Waals surface area contributed by atoms with Gasteiger partial charge in [0, 0.05) is 17.5 Å². The number of rotatable bonds is 4. The van der Waals surface area contributed by atoms with Crippen molar-refractivity contribution in [3.8, 4) is 5.75 Å². The van der Waals surface area contributed by atoms with Crippen molar-refractivity contribution in [2.45, 2.75) is 5.88 Å². The lowest BCUT2D eigenvalue weighted by molar-refractivity contribution is 0.102. The summed E-state index contributed by atoms with van der Waals surface area (Å²) in [6, 6.07) is 10.9. The summed E-state index contributed by atoms with van der Waals surface area (Å²) >= 11 is 5.74. The Labute approximate surface area is 121 Å². The molecule has 0 fully saturated rings. The first kappa shape index (κ1) is 14.3. The number of amides is 1. The molecule has 2 aromatic carbocycles. The lowest BCUT2D eigenvalue weighted by Gasteiger charge is -2.10. The first-order chi connectivity index (χ1) is 9.63. The molecule has 0 aliphatic carbocycles. The van der Waals surface area contributed by atoms with Crippen molar-refractivity contribution in [3.63, 3.8) is 0 Å². The van der Waals surface area contributed by atoms with Crippen LogP contribution in [0.1, 0.15) is 15.9 Å². The average molecular weight is 294 g/mol. The molecule has 1 N–H and O–H groups in total. The van der Waals surface area contributed by atoms with Crippen molar-refractivity contribution in [2.75, 3.05) is 12.4 Å². The highest BCUT2D eigenvalue weighted by Crippen LogP contribution is 2.25. The van der Waals surface area contributed by atoms with E-state index >= 15 is 0 Å². The van der Waals surface area contributed by atoms with Crippen LogP contribution in [0.4, 0.5) is 10.1 Å². The summed E-state index contributed by atoms with van der Waals surface area (Å²) in [6.07, 6.45) is 0. The van der Waals surface area contributed by atoms with Crippen LogP contribution in [0.15, 0.2) is 42.5 Å². The number of hydrogen-bond acceptors (Lipinski definition) is 2. The molecule has 0 saturated carbocycles. The number of anilines is 1. The Morgan fingerprint density at radius 1 is 1.30 bits per heavy atom. The van der Waals surface area contributed by atoms with E-state index in [0.717, 1.165) is 5.56 Å². The van der Waals surface area contributed by atoms with Gasteiger partial charge in [-0.05, 0) is 29.8 Å². The van der Waals surface area contributed by atoms with Crippen LogP contribution in [0.25, 0.3) is 0 Å². The van der Waals surface area contributed by atoms with Crippen LogP contribution in [-0.2, 0) is 5.88 Å². The van der Waals surface area contributed by atoms with Gasteiger partial charge < -0.3 is 10.1 Å². The molecule has 3 nitrogen and oxygen atoms in total. The first-order valence-corrected chi connectivity index (χ1v) is 6.47. The summed E-state index contributed by atoms with van der Waals surface area (Å²) in [5.74, 6) is -0.126. The molecule has 5 heteroatoms. The summed E-state index contributed by atoms with van der Waals surface area (Å²) in [7, 11) is 1.42. The molecule has 0 aliphatic rings. The maximum absolute atomic E-state index is 13.1. The van der Waals surface area contributed by atoms with Crippen LogP contribution in [0.5, 0.6) is 5.75 Å². The van der Waals surface area contributed by atoms with Crippen LogP contribution in [0.2, 0.25) is 0 Å². The van der Waals surface area contributed by atoms with Gasteiger partial charge in [0.05, 0.1) is 12.8 Å². The molecule has 0 saturated heterocycles. The highest BCUT2D eigenvalue weighted by Gasteiger charge is 2.10. The number of ether oxygens (including phenoxy) is 1. The fourth-order valence-corrected chi connectivity index (χ4v) is 1.92. The highest BCUT2D eigenvalue weighted by atomic mass is 35.5. The van der Waals surface area contributed by atoms with Gasteiger partial charge in [0.25, 0.3) is 5.91 Å². The molecule has 0 unspecified atom stereocenters. The summed E-state index contributed by atoms with van der Waals surface area (Å²) in [5, 5.41) is 2.68. The third kappa shape index (κ3) is 3.27. The van der Waals surface area contributed by atoms with E-state index in [1.807, 2.05) is 6.07 Å². The van der Waals surface area contributed by atoms with E-state index < -0.39 is 5.82 Å². The predicted molar refractivity (Wildman–Crippen MR) is 76.9 cm³/mol. The fraction of sp³-hybridized carbons (Fsp3) is 0.133. The van der Waals surface area contributed by atoms with Crippen molar-refractivity contribution in [1.82, 2.24) is 0 Å². The monoisotopic (exact) mass is 293 g/mol. The number of methoxy groups -OCH3 is 1. The van der Waals surface area contributed by atoms with E-state index in [4.69, 9.17) is 16.3 Å². The average Bonchev–Trinajstić information content (AvgIpc) is 2.49. The number of halogens is 2. The number of benzene rings is 2. The first-order valence-electron chi connectivity index (χ1n) is 5.94. The predicted octanol–water partition coefficient (Wildman–Crippen LogP) is 3.83. The molecule has 0 aromatic heterocycles. The quantitative estimate of drug-likeness (QED) is 0.870. The minimum atomic E-state index is -0.427. The lowest BCUT2D eigenvalue weighted by atomic mass is 10.1. The van der Waals surface area contributed by atoms with Crippen molar-refractivity contribution in [1.29, 1.82) is 0 Å². The van der Waals surface area contributed by atoms with E-state index in [-0.39, 0.29) is 11.7 Å². The molecule has 104 valence electrons. The van der Waals surface area contributed by atoms with E-state index in [9.17, 15) is 9.18 Å².